The monoisotopic (exact) mass is 426 g/mol. The van der Waals surface area contributed by atoms with Crippen molar-refractivity contribution in [2.45, 2.75) is 58.7 Å². The molecule has 168 valence electrons. The van der Waals surface area contributed by atoms with Crippen LogP contribution in [0.5, 0.6) is 0 Å². The second kappa shape index (κ2) is 8.61. The first kappa shape index (κ1) is 21.8. The molecule has 1 aromatic carbocycles. The van der Waals surface area contributed by atoms with Crippen molar-refractivity contribution in [3.8, 4) is 0 Å². The summed E-state index contributed by atoms with van der Waals surface area (Å²) in [4.78, 5) is 40.7. The number of hydrogen-bond acceptors (Lipinski definition) is 4. The Balaban J connectivity index is 1.25. The van der Waals surface area contributed by atoms with Crippen LogP contribution in [0.4, 0.5) is 4.79 Å². The molecule has 31 heavy (non-hydrogen) atoms. The van der Waals surface area contributed by atoms with Crippen molar-refractivity contribution in [2.75, 3.05) is 19.6 Å². The summed E-state index contributed by atoms with van der Waals surface area (Å²) in [5, 5.41) is 5.60. The van der Waals surface area contributed by atoms with Crippen LogP contribution in [0.25, 0.3) is 0 Å². The maximum absolute atomic E-state index is 12.6. The van der Waals surface area contributed by atoms with E-state index in [-0.39, 0.29) is 24.3 Å². The number of urea groups is 1. The highest BCUT2D eigenvalue weighted by Gasteiger charge is 2.56. The van der Waals surface area contributed by atoms with E-state index >= 15 is 0 Å². The van der Waals surface area contributed by atoms with E-state index in [0.717, 1.165) is 54.8 Å². The molecule has 0 radical (unpaired) electrons. The molecule has 1 saturated carbocycles. The third kappa shape index (κ3) is 4.92. The summed E-state index contributed by atoms with van der Waals surface area (Å²) in [6.07, 6.45) is 3.18. The number of amides is 4. The Labute approximate surface area is 184 Å². The van der Waals surface area contributed by atoms with Crippen LogP contribution in [0.2, 0.25) is 0 Å². The van der Waals surface area contributed by atoms with Crippen molar-refractivity contribution in [2.24, 2.45) is 17.8 Å². The number of hydrogen-bond donors (Lipinski definition) is 2. The number of carbonyl (C=O) groups excluding carboxylic acids is 3. The Morgan fingerprint density at radius 3 is 2.32 bits per heavy atom. The van der Waals surface area contributed by atoms with Crippen LogP contribution in [-0.4, -0.2) is 52.8 Å². The third-order valence-corrected chi connectivity index (χ3v) is 6.86. The van der Waals surface area contributed by atoms with Gasteiger partial charge in [-0.1, -0.05) is 38.1 Å². The molecule has 3 aliphatic rings. The van der Waals surface area contributed by atoms with E-state index in [1.807, 2.05) is 12.1 Å². The van der Waals surface area contributed by atoms with Gasteiger partial charge in [0.15, 0.2) is 0 Å². The second-order valence-electron chi connectivity index (χ2n) is 10.0. The fraction of sp³-hybridized carbons (Fsp3) is 0.625. The zero-order valence-corrected chi connectivity index (χ0v) is 18.8. The summed E-state index contributed by atoms with van der Waals surface area (Å²) in [7, 11) is 0. The average molecular weight is 427 g/mol. The van der Waals surface area contributed by atoms with Gasteiger partial charge in [-0.05, 0) is 55.1 Å². The van der Waals surface area contributed by atoms with Crippen LogP contribution in [-0.2, 0) is 22.7 Å². The van der Waals surface area contributed by atoms with Crippen molar-refractivity contribution in [3.63, 3.8) is 0 Å². The lowest BCUT2D eigenvalue weighted by atomic mass is 9.91. The van der Waals surface area contributed by atoms with Crippen LogP contribution in [0, 0.1) is 17.8 Å². The van der Waals surface area contributed by atoms with Gasteiger partial charge in [0.05, 0.1) is 0 Å². The molecule has 0 aromatic heterocycles. The van der Waals surface area contributed by atoms with E-state index in [4.69, 9.17) is 0 Å². The fourth-order valence-electron chi connectivity index (χ4n) is 5.14. The van der Waals surface area contributed by atoms with Crippen molar-refractivity contribution in [3.05, 3.63) is 35.4 Å². The Morgan fingerprint density at radius 1 is 1.10 bits per heavy atom. The molecule has 1 aromatic rings. The smallest absolute Gasteiger partial charge is 0.325 e. The molecule has 3 fully saturated rings. The van der Waals surface area contributed by atoms with Gasteiger partial charge in [0.2, 0.25) is 5.91 Å². The summed E-state index contributed by atoms with van der Waals surface area (Å²) in [5.74, 6) is 1.05. The fourth-order valence-corrected chi connectivity index (χ4v) is 5.14. The van der Waals surface area contributed by atoms with Gasteiger partial charge in [-0.25, -0.2) is 4.79 Å². The van der Waals surface area contributed by atoms with Crippen molar-refractivity contribution < 1.29 is 14.4 Å². The van der Waals surface area contributed by atoms with Crippen LogP contribution >= 0.6 is 0 Å². The molecule has 0 unspecified atom stereocenters. The molecule has 2 N–H and O–H groups in total. The number of benzene rings is 1. The maximum atomic E-state index is 12.6. The minimum absolute atomic E-state index is 0.187. The van der Waals surface area contributed by atoms with Crippen molar-refractivity contribution >= 4 is 17.8 Å². The molecule has 1 aliphatic carbocycles. The summed E-state index contributed by atoms with van der Waals surface area (Å²) < 4.78 is 0. The molecule has 4 rings (SSSR count). The molecule has 2 saturated heterocycles. The van der Waals surface area contributed by atoms with E-state index in [1.54, 1.807) is 6.92 Å². The lowest BCUT2D eigenvalue weighted by Gasteiger charge is -2.35. The van der Waals surface area contributed by atoms with E-state index in [2.05, 4.69) is 41.5 Å². The SMILES string of the molecule is C[C@@H]1C[C@H](C)CN(Cc2ccc(CNC(=O)CN3C(=O)N[C@](C)(C4CC4)C3=O)cc2)C1. The van der Waals surface area contributed by atoms with Gasteiger partial charge >= 0.3 is 6.03 Å². The second-order valence-corrected chi connectivity index (χ2v) is 10.0. The number of imide groups is 1. The topological polar surface area (TPSA) is 81.8 Å². The molecular formula is C24H34N4O3. The third-order valence-electron chi connectivity index (χ3n) is 6.86. The molecule has 7 nitrogen and oxygen atoms in total. The Bertz CT molecular complexity index is 841. The van der Waals surface area contributed by atoms with Crippen LogP contribution in [0.15, 0.2) is 24.3 Å². The predicted molar refractivity (Wildman–Crippen MR) is 118 cm³/mol. The van der Waals surface area contributed by atoms with Gasteiger partial charge in [-0.2, -0.15) is 0 Å². The normalized spacial score (nSPS) is 29.2. The molecule has 7 heteroatoms. The number of nitrogens with one attached hydrogen (secondary N) is 2. The minimum atomic E-state index is -0.850. The summed E-state index contributed by atoms with van der Waals surface area (Å²) in [6, 6.07) is 7.82. The number of rotatable bonds is 7. The van der Waals surface area contributed by atoms with Crippen LogP contribution in [0.3, 0.4) is 0 Å². The number of carbonyl (C=O) groups is 3. The number of piperidine rings is 1. The van der Waals surface area contributed by atoms with E-state index in [9.17, 15) is 14.4 Å². The summed E-state index contributed by atoms with van der Waals surface area (Å²) in [6.45, 7) is 9.77. The molecule has 4 amide bonds. The molecule has 0 bridgehead atoms. The maximum Gasteiger partial charge on any atom is 0.325 e. The lowest BCUT2D eigenvalue weighted by Crippen LogP contribution is -2.46. The zero-order valence-electron chi connectivity index (χ0n) is 18.8. The number of likely N-dealkylation sites (tertiary alicyclic amines) is 1. The highest BCUT2D eigenvalue weighted by molar-refractivity contribution is 6.09. The standard InChI is InChI=1S/C24H34N4O3/c1-16-10-17(2)13-27(12-16)14-19-6-4-18(5-7-19)11-25-21(29)15-28-22(30)24(3,20-8-9-20)26-23(28)31/h4-7,16-17,20H,8-15H2,1-3H3,(H,25,29)(H,26,31)/t16-,17+,24-/m1/s1. The zero-order chi connectivity index (χ0) is 22.2. The van der Waals surface area contributed by atoms with Gasteiger partial charge < -0.3 is 10.6 Å². The minimum Gasteiger partial charge on any atom is -0.350 e. The summed E-state index contributed by atoms with van der Waals surface area (Å²) in [5.41, 5.74) is 1.42. The molecule has 0 spiro atoms. The Kier molecular flexibility index (Phi) is 6.06. The first-order valence-corrected chi connectivity index (χ1v) is 11.5. The molecule has 3 atom stereocenters. The van der Waals surface area contributed by atoms with Crippen LogP contribution < -0.4 is 10.6 Å². The van der Waals surface area contributed by atoms with E-state index in [0.29, 0.717) is 6.54 Å². The van der Waals surface area contributed by atoms with Crippen molar-refractivity contribution in [1.82, 2.24) is 20.4 Å². The molecular weight excluding hydrogens is 392 g/mol. The largest absolute Gasteiger partial charge is 0.350 e. The predicted octanol–water partition coefficient (Wildman–Crippen LogP) is 2.50. The Hall–Kier alpha value is -2.41. The Morgan fingerprint density at radius 2 is 1.71 bits per heavy atom. The highest BCUT2D eigenvalue weighted by Crippen LogP contribution is 2.42. The van der Waals surface area contributed by atoms with E-state index in [1.165, 1.54) is 12.0 Å². The van der Waals surface area contributed by atoms with Gasteiger partial charge in [0, 0.05) is 26.2 Å². The van der Waals surface area contributed by atoms with Gasteiger partial charge in [-0.3, -0.25) is 19.4 Å². The van der Waals surface area contributed by atoms with Crippen molar-refractivity contribution in [1.29, 1.82) is 0 Å². The summed E-state index contributed by atoms with van der Waals surface area (Å²) >= 11 is 0. The molecule has 2 heterocycles. The van der Waals surface area contributed by atoms with Gasteiger partial charge in [-0.15, -0.1) is 0 Å². The van der Waals surface area contributed by atoms with E-state index < -0.39 is 11.6 Å². The molecule has 2 aliphatic heterocycles. The van der Waals surface area contributed by atoms with Crippen LogP contribution in [0.1, 0.15) is 51.2 Å². The quantitative estimate of drug-likeness (QED) is 0.657. The first-order valence-electron chi connectivity index (χ1n) is 11.5. The van der Waals surface area contributed by atoms with Gasteiger partial charge in [0.25, 0.3) is 5.91 Å². The lowest BCUT2D eigenvalue weighted by molar-refractivity contribution is -0.135. The average Bonchev–Trinajstić information content (AvgIpc) is 3.53. The highest BCUT2D eigenvalue weighted by atomic mass is 16.2. The first-order chi connectivity index (χ1) is 14.7. The van der Waals surface area contributed by atoms with Gasteiger partial charge in [0.1, 0.15) is 12.1 Å². The number of nitrogens with zero attached hydrogens (tertiary/aromatic N) is 2.